The first-order chi connectivity index (χ1) is 5.70. The molecule has 1 unspecified atom stereocenters. The maximum absolute atomic E-state index is 11.7. The summed E-state index contributed by atoms with van der Waals surface area (Å²) in [5, 5.41) is 5.12. The first-order valence-corrected chi connectivity index (χ1v) is 3.99. The lowest BCUT2D eigenvalue weighted by Gasteiger charge is -2.22. The van der Waals surface area contributed by atoms with Crippen LogP contribution in [0.15, 0.2) is 0 Å². The van der Waals surface area contributed by atoms with Gasteiger partial charge in [0.25, 0.3) is 6.43 Å². The third kappa shape index (κ3) is 2.73. The Morgan fingerprint density at radius 2 is 2.42 bits per heavy atom. The molecule has 1 saturated heterocycles. The summed E-state index contributed by atoms with van der Waals surface area (Å²) < 4.78 is 23.4. The van der Waals surface area contributed by atoms with Crippen LogP contribution >= 0.6 is 0 Å². The zero-order chi connectivity index (χ0) is 8.97. The van der Waals surface area contributed by atoms with E-state index in [0.717, 1.165) is 6.42 Å². The van der Waals surface area contributed by atoms with Crippen LogP contribution in [-0.4, -0.2) is 31.5 Å². The van der Waals surface area contributed by atoms with E-state index >= 15 is 0 Å². The van der Waals surface area contributed by atoms with Crippen molar-refractivity contribution < 1.29 is 13.6 Å². The number of piperidine rings is 1. The normalized spacial score (nSPS) is 24.2. The van der Waals surface area contributed by atoms with Crippen LogP contribution in [0.1, 0.15) is 12.8 Å². The molecular weight excluding hydrogens is 166 g/mol. The van der Waals surface area contributed by atoms with Crippen molar-refractivity contribution in [3.05, 3.63) is 0 Å². The van der Waals surface area contributed by atoms with Gasteiger partial charge in [-0.05, 0) is 12.8 Å². The Labute approximate surface area is 69.5 Å². The van der Waals surface area contributed by atoms with Gasteiger partial charge in [0.2, 0.25) is 5.91 Å². The van der Waals surface area contributed by atoms with E-state index in [1.807, 2.05) is 0 Å². The number of hydrogen-bond acceptors (Lipinski definition) is 2. The summed E-state index contributed by atoms with van der Waals surface area (Å²) in [5.74, 6) is -0.165. The first kappa shape index (κ1) is 9.38. The number of hydrogen-bond donors (Lipinski definition) is 2. The fourth-order valence-corrected chi connectivity index (χ4v) is 1.20. The highest BCUT2D eigenvalue weighted by Crippen LogP contribution is 2.03. The Morgan fingerprint density at radius 1 is 1.67 bits per heavy atom. The van der Waals surface area contributed by atoms with Crippen LogP contribution in [0.2, 0.25) is 0 Å². The quantitative estimate of drug-likeness (QED) is 0.644. The van der Waals surface area contributed by atoms with Gasteiger partial charge >= 0.3 is 0 Å². The van der Waals surface area contributed by atoms with Crippen LogP contribution in [0.4, 0.5) is 8.78 Å². The number of carbonyl (C=O) groups is 1. The van der Waals surface area contributed by atoms with Crippen molar-refractivity contribution in [2.45, 2.75) is 25.3 Å². The van der Waals surface area contributed by atoms with E-state index in [4.69, 9.17) is 0 Å². The van der Waals surface area contributed by atoms with Crippen LogP contribution in [0.3, 0.4) is 0 Å². The van der Waals surface area contributed by atoms with Gasteiger partial charge in [0.15, 0.2) is 0 Å². The Balaban J connectivity index is 2.25. The Hall–Kier alpha value is -0.710. The summed E-state index contributed by atoms with van der Waals surface area (Å²) in [6.45, 7) is 0.254. The molecule has 3 nitrogen and oxygen atoms in total. The SMILES string of the molecule is O=C1NCCCC1NCC(F)F. The molecule has 1 rings (SSSR count). The van der Waals surface area contributed by atoms with E-state index < -0.39 is 19.0 Å². The van der Waals surface area contributed by atoms with E-state index in [-0.39, 0.29) is 5.91 Å². The molecule has 0 aliphatic carbocycles. The molecule has 1 atom stereocenters. The summed E-state index contributed by atoms with van der Waals surface area (Å²) in [6.07, 6.45) is -0.884. The molecule has 0 radical (unpaired) electrons. The summed E-state index contributed by atoms with van der Waals surface area (Å²) in [4.78, 5) is 11.0. The molecule has 0 bridgehead atoms. The van der Waals surface area contributed by atoms with Crippen molar-refractivity contribution in [1.82, 2.24) is 10.6 Å². The molecule has 1 aliphatic heterocycles. The topological polar surface area (TPSA) is 41.1 Å². The van der Waals surface area contributed by atoms with E-state index in [1.54, 1.807) is 0 Å². The van der Waals surface area contributed by atoms with E-state index in [9.17, 15) is 13.6 Å². The van der Waals surface area contributed by atoms with Gasteiger partial charge in [-0.1, -0.05) is 0 Å². The second-order valence-corrected chi connectivity index (χ2v) is 2.79. The van der Waals surface area contributed by atoms with E-state index in [0.29, 0.717) is 13.0 Å². The maximum atomic E-state index is 11.7. The third-order valence-corrected chi connectivity index (χ3v) is 1.80. The zero-order valence-electron chi connectivity index (χ0n) is 6.65. The monoisotopic (exact) mass is 178 g/mol. The minimum Gasteiger partial charge on any atom is -0.355 e. The molecule has 2 N–H and O–H groups in total. The standard InChI is InChI=1S/C7H12F2N2O/c8-6(9)4-11-5-2-1-3-10-7(5)12/h5-6,11H,1-4H2,(H,10,12). The fraction of sp³-hybridized carbons (Fsp3) is 0.857. The zero-order valence-corrected chi connectivity index (χ0v) is 6.65. The van der Waals surface area contributed by atoms with Gasteiger partial charge in [-0.2, -0.15) is 0 Å². The van der Waals surface area contributed by atoms with Crippen molar-refractivity contribution >= 4 is 5.91 Å². The number of rotatable bonds is 3. The lowest BCUT2D eigenvalue weighted by molar-refractivity contribution is -0.124. The number of carbonyl (C=O) groups excluding carboxylic acids is 1. The van der Waals surface area contributed by atoms with Gasteiger partial charge in [0.1, 0.15) is 0 Å². The fourth-order valence-electron chi connectivity index (χ4n) is 1.20. The predicted octanol–water partition coefficient (Wildman–Crippen LogP) is 0.120. The Bertz CT molecular complexity index is 163. The van der Waals surface area contributed by atoms with Crippen LogP contribution in [0.5, 0.6) is 0 Å². The highest BCUT2D eigenvalue weighted by atomic mass is 19.3. The Kier molecular flexibility index (Phi) is 3.40. The summed E-state index contributed by atoms with van der Waals surface area (Å²) in [6, 6.07) is -0.423. The van der Waals surface area contributed by atoms with E-state index in [1.165, 1.54) is 0 Å². The van der Waals surface area contributed by atoms with Crippen molar-refractivity contribution in [3.8, 4) is 0 Å². The van der Waals surface area contributed by atoms with Gasteiger partial charge in [-0.3, -0.25) is 4.79 Å². The van der Waals surface area contributed by atoms with Crippen molar-refractivity contribution in [1.29, 1.82) is 0 Å². The van der Waals surface area contributed by atoms with Crippen LogP contribution in [0.25, 0.3) is 0 Å². The molecule has 0 aromatic heterocycles. The molecule has 0 aromatic carbocycles. The maximum Gasteiger partial charge on any atom is 0.250 e. The highest BCUT2D eigenvalue weighted by molar-refractivity contribution is 5.82. The highest BCUT2D eigenvalue weighted by Gasteiger charge is 2.21. The lowest BCUT2D eigenvalue weighted by Crippen LogP contribution is -2.49. The molecule has 0 aromatic rings. The molecule has 0 spiro atoms. The molecule has 70 valence electrons. The minimum absolute atomic E-state index is 0.165. The van der Waals surface area contributed by atoms with E-state index in [2.05, 4.69) is 10.6 Å². The average Bonchev–Trinajstić information content (AvgIpc) is 2.03. The number of amides is 1. The average molecular weight is 178 g/mol. The van der Waals surface area contributed by atoms with Gasteiger partial charge in [0.05, 0.1) is 12.6 Å². The van der Waals surface area contributed by atoms with Crippen molar-refractivity contribution in [2.75, 3.05) is 13.1 Å². The second-order valence-electron chi connectivity index (χ2n) is 2.79. The Morgan fingerprint density at radius 3 is 3.00 bits per heavy atom. The molecule has 0 saturated carbocycles. The largest absolute Gasteiger partial charge is 0.355 e. The minimum atomic E-state index is -2.39. The number of alkyl halides is 2. The second kappa shape index (κ2) is 4.35. The summed E-state index contributed by atoms with van der Waals surface area (Å²) in [5.41, 5.74) is 0. The number of halogens is 2. The molecule has 1 amide bonds. The lowest BCUT2D eigenvalue weighted by atomic mass is 10.1. The summed E-state index contributed by atoms with van der Waals surface area (Å²) >= 11 is 0. The molecule has 5 heteroatoms. The third-order valence-electron chi connectivity index (χ3n) is 1.80. The van der Waals surface area contributed by atoms with Crippen LogP contribution < -0.4 is 10.6 Å². The molecule has 1 aliphatic rings. The molecule has 12 heavy (non-hydrogen) atoms. The van der Waals surface area contributed by atoms with Crippen LogP contribution in [0, 0.1) is 0 Å². The molecule has 1 heterocycles. The smallest absolute Gasteiger partial charge is 0.250 e. The predicted molar refractivity (Wildman–Crippen MR) is 40.0 cm³/mol. The van der Waals surface area contributed by atoms with Gasteiger partial charge in [0, 0.05) is 6.54 Å². The molecular formula is C7H12F2N2O. The van der Waals surface area contributed by atoms with Gasteiger partial charge < -0.3 is 10.6 Å². The van der Waals surface area contributed by atoms with Gasteiger partial charge in [-0.25, -0.2) is 8.78 Å². The van der Waals surface area contributed by atoms with Crippen LogP contribution in [-0.2, 0) is 4.79 Å². The first-order valence-electron chi connectivity index (χ1n) is 3.99. The molecule has 1 fully saturated rings. The number of nitrogens with one attached hydrogen (secondary N) is 2. The van der Waals surface area contributed by atoms with Crippen molar-refractivity contribution in [3.63, 3.8) is 0 Å². The summed E-state index contributed by atoms with van der Waals surface area (Å²) in [7, 11) is 0. The van der Waals surface area contributed by atoms with Gasteiger partial charge in [-0.15, -0.1) is 0 Å². The van der Waals surface area contributed by atoms with Crippen molar-refractivity contribution in [2.24, 2.45) is 0 Å².